The van der Waals surface area contributed by atoms with Crippen molar-refractivity contribution in [3.05, 3.63) is 157 Å². The summed E-state index contributed by atoms with van der Waals surface area (Å²) in [6, 6.07) is 27.6. The summed E-state index contributed by atoms with van der Waals surface area (Å²) in [4.78, 5) is 12.7. The highest BCUT2D eigenvalue weighted by Crippen LogP contribution is 2.44. The highest BCUT2D eigenvalue weighted by Gasteiger charge is 2.25. The fourth-order valence-corrected chi connectivity index (χ4v) is 7.50. The van der Waals surface area contributed by atoms with E-state index in [1.54, 1.807) is 11.1 Å². The minimum absolute atomic E-state index is 0. The lowest BCUT2D eigenvalue weighted by Crippen LogP contribution is -1.98. The minimum Gasteiger partial charge on any atom is -0.219 e. The van der Waals surface area contributed by atoms with Crippen molar-refractivity contribution in [3.63, 3.8) is 0 Å². The number of aromatic nitrogens is 3. The first-order valence-electron chi connectivity index (χ1n) is 17.1. The molecule has 0 saturated heterocycles. The lowest BCUT2D eigenvalue weighted by molar-refractivity contribution is 0.928. The third kappa shape index (κ3) is 6.59. The van der Waals surface area contributed by atoms with Crippen LogP contribution in [-0.2, 0) is 12.8 Å². The Labute approximate surface area is 294 Å². The predicted octanol–water partition coefficient (Wildman–Crippen LogP) is 11.8. The van der Waals surface area contributed by atoms with Gasteiger partial charge in [-0.2, -0.15) is 0 Å². The van der Waals surface area contributed by atoms with Gasteiger partial charge in [0.15, 0.2) is 5.82 Å². The van der Waals surface area contributed by atoms with Crippen LogP contribution in [0.5, 0.6) is 0 Å². The van der Waals surface area contributed by atoms with Crippen molar-refractivity contribution in [1.82, 2.24) is 15.0 Å². The lowest BCUT2D eigenvalue weighted by Gasteiger charge is -2.16. The van der Waals surface area contributed by atoms with E-state index in [0.29, 0.717) is 0 Å². The van der Waals surface area contributed by atoms with Gasteiger partial charge in [0.2, 0.25) is 0 Å². The van der Waals surface area contributed by atoms with Gasteiger partial charge in [0, 0.05) is 5.56 Å². The highest BCUT2D eigenvalue weighted by atomic mass is 15.0. The Morgan fingerprint density at radius 1 is 0.388 bits per heavy atom. The summed E-state index contributed by atoms with van der Waals surface area (Å²) in [5.41, 5.74) is 24.7. The zero-order valence-electron chi connectivity index (χ0n) is 30.3. The Kier molecular flexibility index (Phi) is 10.3. The molecule has 0 N–H and O–H groups in total. The molecule has 0 unspecified atom stereocenters. The molecule has 0 saturated carbocycles. The molecule has 1 heterocycles. The third-order valence-corrected chi connectivity index (χ3v) is 10.8. The summed E-state index contributed by atoms with van der Waals surface area (Å²) >= 11 is 0. The van der Waals surface area contributed by atoms with Crippen LogP contribution in [0.4, 0.5) is 0 Å². The van der Waals surface area contributed by atoms with Gasteiger partial charge >= 0.3 is 0 Å². The Morgan fingerprint density at radius 2 is 0.755 bits per heavy atom. The molecule has 1 aromatic heterocycles. The molecule has 250 valence electrons. The number of fused-ring (bicyclic) bond motifs is 6. The zero-order chi connectivity index (χ0) is 34.3. The summed E-state index contributed by atoms with van der Waals surface area (Å²) < 4.78 is 0. The van der Waals surface area contributed by atoms with Crippen LogP contribution >= 0.6 is 0 Å². The predicted molar refractivity (Wildman–Crippen MR) is 209 cm³/mol. The van der Waals surface area contributed by atoms with E-state index >= 15 is 0 Å². The van der Waals surface area contributed by atoms with Gasteiger partial charge in [-0.05, 0) is 171 Å². The van der Waals surface area contributed by atoms with Crippen molar-refractivity contribution in [2.45, 2.75) is 89.5 Å². The number of rotatable bonds is 1. The third-order valence-electron chi connectivity index (χ3n) is 10.8. The van der Waals surface area contributed by atoms with Crippen LogP contribution in [0.25, 0.3) is 33.6 Å². The SMILES string of the molecule is C.Cc1c(C)c(C)c2c(c1C)Cc1ccccc1-2.Cc1c(C)c(C)c2c(c1C)Cc1ccccc1-2.Cc1nc(C)nc(-c2ccccc2)n1. The van der Waals surface area contributed by atoms with E-state index in [4.69, 9.17) is 0 Å². The molecule has 2 aliphatic carbocycles. The van der Waals surface area contributed by atoms with Gasteiger partial charge in [0.1, 0.15) is 11.6 Å². The molecular formula is C46H51N3. The van der Waals surface area contributed by atoms with Crippen molar-refractivity contribution >= 4 is 0 Å². The fourth-order valence-electron chi connectivity index (χ4n) is 7.50. The topological polar surface area (TPSA) is 38.7 Å². The Morgan fingerprint density at radius 3 is 1.18 bits per heavy atom. The molecule has 0 bridgehead atoms. The molecule has 3 nitrogen and oxygen atoms in total. The standard InChI is InChI=1S/2C17H18.C11H11N3.CH4/c2*1-10-11(2)13(4)17-15-8-6-5-7-14(15)9-16(17)12(10)3;1-8-12-9(2)14-11(13-8)10-6-4-3-5-7-10;/h2*5-8H,9H2,1-4H3;3-7H,1-2H3;1H4. The normalized spacial score (nSPS) is 11.6. The quantitative estimate of drug-likeness (QED) is 0.178. The fraction of sp³-hybridized carbons (Fsp3) is 0.283. The summed E-state index contributed by atoms with van der Waals surface area (Å²) in [7, 11) is 0. The molecule has 8 rings (SSSR count). The maximum absolute atomic E-state index is 4.28. The molecule has 0 amide bonds. The van der Waals surface area contributed by atoms with Crippen LogP contribution in [-0.4, -0.2) is 15.0 Å². The number of benzene rings is 5. The number of hydrogen-bond acceptors (Lipinski definition) is 3. The monoisotopic (exact) mass is 645 g/mol. The maximum Gasteiger partial charge on any atom is 0.163 e. The van der Waals surface area contributed by atoms with Gasteiger partial charge in [-0.3, -0.25) is 0 Å². The van der Waals surface area contributed by atoms with Crippen LogP contribution in [0.15, 0.2) is 78.9 Å². The molecule has 5 aromatic carbocycles. The van der Waals surface area contributed by atoms with Gasteiger partial charge in [-0.15, -0.1) is 0 Å². The molecule has 6 aromatic rings. The van der Waals surface area contributed by atoms with E-state index in [9.17, 15) is 0 Å². The second-order valence-electron chi connectivity index (χ2n) is 13.5. The Balaban J connectivity index is 0.000000143. The molecule has 3 heteroatoms. The van der Waals surface area contributed by atoms with Crippen molar-refractivity contribution in [3.8, 4) is 33.6 Å². The van der Waals surface area contributed by atoms with E-state index in [2.05, 4.69) is 119 Å². The summed E-state index contributed by atoms with van der Waals surface area (Å²) in [6.45, 7) is 21.8. The molecule has 0 atom stereocenters. The van der Waals surface area contributed by atoms with Crippen LogP contribution in [0, 0.1) is 69.2 Å². The first-order chi connectivity index (χ1) is 23.0. The van der Waals surface area contributed by atoms with Gasteiger partial charge in [-0.25, -0.2) is 15.0 Å². The minimum atomic E-state index is 0. The summed E-state index contributed by atoms with van der Waals surface area (Å²) in [6.07, 6.45) is 2.22. The molecule has 0 spiro atoms. The first kappa shape index (κ1) is 35.4. The number of nitrogens with zero attached hydrogens (tertiary/aromatic N) is 3. The van der Waals surface area contributed by atoms with E-state index in [-0.39, 0.29) is 7.43 Å². The van der Waals surface area contributed by atoms with Crippen molar-refractivity contribution in [2.75, 3.05) is 0 Å². The number of hydrogen-bond donors (Lipinski definition) is 0. The van der Waals surface area contributed by atoms with Gasteiger partial charge in [0.05, 0.1) is 0 Å². The Bertz CT molecular complexity index is 2040. The van der Waals surface area contributed by atoms with E-state index in [0.717, 1.165) is 35.9 Å². The van der Waals surface area contributed by atoms with Crippen LogP contribution < -0.4 is 0 Å². The summed E-state index contributed by atoms with van der Waals surface area (Å²) in [5.74, 6) is 2.27. The largest absolute Gasteiger partial charge is 0.219 e. The second kappa shape index (κ2) is 14.3. The summed E-state index contributed by atoms with van der Waals surface area (Å²) in [5, 5.41) is 0. The van der Waals surface area contributed by atoms with Gasteiger partial charge < -0.3 is 0 Å². The molecule has 0 aliphatic heterocycles. The van der Waals surface area contributed by atoms with Gasteiger partial charge in [0.25, 0.3) is 0 Å². The van der Waals surface area contributed by atoms with Crippen molar-refractivity contribution in [1.29, 1.82) is 0 Å². The Hall–Kier alpha value is -4.89. The van der Waals surface area contributed by atoms with E-state index in [1.165, 1.54) is 77.9 Å². The molecule has 0 radical (unpaired) electrons. The van der Waals surface area contributed by atoms with E-state index in [1.807, 2.05) is 44.2 Å². The van der Waals surface area contributed by atoms with E-state index < -0.39 is 0 Å². The number of aryl methyl sites for hydroxylation is 2. The maximum atomic E-state index is 4.28. The highest BCUT2D eigenvalue weighted by molar-refractivity contribution is 5.83. The van der Waals surface area contributed by atoms with Gasteiger partial charge in [-0.1, -0.05) is 86.3 Å². The second-order valence-corrected chi connectivity index (χ2v) is 13.5. The van der Waals surface area contributed by atoms with Crippen molar-refractivity contribution in [2.24, 2.45) is 0 Å². The zero-order valence-corrected chi connectivity index (χ0v) is 30.3. The van der Waals surface area contributed by atoms with Crippen LogP contribution in [0.1, 0.15) is 85.8 Å². The molecule has 0 fully saturated rings. The smallest absolute Gasteiger partial charge is 0.163 e. The lowest BCUT2D eigenvalue weighted by atomic mass is 9.89. The van der Waals surface area contributed by atoms with Crippen molar-refractivity contribution < 1.29 is 0 Å². The molecule has 49 heavy (non-hydrogen) atoms. The molecule has 2 aliphatic rings. The first-order valence-corrected chi connectivity index (χ1v) is 17.1. The average molecular weight is 646 g/mol. The average Bonchev–Trinajstić information content (AvgIpc) is 3.68. The van der Waals surface area contributed by atoms with Crippen LogP contribution in [0.2, 0.25) is 0 Å². The molecular weight excluding hydrogens is 595 g/mol. The van der Waals surface area contributed by atoms with Crippen LogP contribution in [0.3, 0.4) is 0 Å².